The Balaban J connectivity index is 2.27. The van der Waals surface area contributed by atoms with Gasteiger partial charge >= 0.3 is 0 Å². The van der Waals surface area contributed by atoms with Gasteiger partial charge in [-0.05, 0) is 26.0 Å². The topological polar surface area (TPSA) is 29.9 Å². The van der Waals surface area contributed by atoms with Crippen molar-refractivity contribution in [1.82, 2.24) is 9.55 Å². The summed E-state index contributed by atoms with van der Waals surface area (Å²) >= 11 is 0. The van der Waals surface area contributed by atoms with Crippen LogP contribution < -0.4 is 5.32 Å². The Morgan fingerprint density at radius 2 is 2.06 bits per heavy atom. The van der Waals surface area contributed by atoms with Crippen molar-refractivity contribution in [3.8, 4) is 0 Å². The van der Waals surface area contributed by atoms with Crippen LogP contribution in [0, 0.1) is 5.82 Å². The maximum atomic E-state index is 13.4. The number of imidazole rings is 1. The van der Waals surface area contributed by atoms with Crippen molar-refractivity contribution in [3.05, 3.63) is 42.5 Å². The average Bonchev–Trinajstić information content (AvgIpc) is 2.69. The molecule has 2 aromatic rings. The minimum Gasteiger partial charge on any atom is -0.323 e. The van der Waals surface area contributed by atoms with Crippen LogP contribution in [0.3, 0.4) is 0 Å². The van der Waals surface area contributed by atoms with E-state index in [1.807, 2.05) is 24.6 Å². The summed E-state index contributed by atoms with van der Waals surface area (Å²) < 4.78 is 15.4. The molecule has 0 saturated carbocycles. The molecule has 0 fully saturated rings. The predicted octanol–water partition coefficient (Wildman–Crippen LogP) is 3.35. The molecule has 0 aliphatic rings. The van der Waals surface area contributed by atoms with Gasteiger partial charge in [0, 0.05) is 18.4 Å². The molecule has 0 bridgehead atoms. The fourth-order valence-electron chi connectivity index (χ4n) is 1.51. The number of rotatable bonds is 3. The molecule has 1 aromatic carbocycles. The van der Waals surface area contributed by atoms with Gasteiger partial charge in [-0.2, -0.15) is 0 Å². The molecule has 84 valence electrons. The molecule has 0 aliphatic heterocycles. The smallest absolute Gasteiger partial charge is 0.207 e. The highest BCUT2D eigenvalue weighted by molar-refractivity contribution is 5.54. The highest BCUT2D eigenvalue weighted by Gasteiger charge is 2.07. The molecule has 4 heteroatoms. The SMILES string of the molecule is CC(C)n1ccnc1Nc1ccccc1F. The van der Waals surface area contributed by atoms with Crippen LogP contribution in [-0.2, 0) is 0 Å². The first kappa shape index (κ1) is 10.7. The van der Waals surface area contributed by atoms with Gasteiger partial charge in [-0.25, -0.2) is 9.37 Å². The molecule has 0 saturated heterocycles. The maximum Gasteiger partial charge on any atom is 0.207 e. The lowest BCUT2D eigenvalue weighted by atomic mass is 10.3. The number of nitrogens with one attached hydrogen (secondary N) is 1. The number of anilines is 2. The minimum absolute atomic E-state index is 0.277. The Kier molecular flexibility index (Phi) is 2.90. The highest BCUT2D eigenvalue weighted by atomic mass is 19.1. The van der Waals surface area contributed by atoms with Crippen LogP contribution in [0.1, 0.15) is 19.9 Å². The van der Waals surface area contributed by atoms with E-state index in [1.54, 1.807) is 24.4 Å². The van der Waals surface area contributed by atoms with Gasteiger partial charge in [0.05, 0.1) is 5.69 Å². The Labute approximate surface area is 93.9 Å². The van der Waals surface area contributed by atoms with Crippen molar-refractivity contribution in [2.75, 3.05) is 5.32 Å². The molecule has 0 aliphatic carbocycles. The minimum atomic E-state index is -0.277. The van der Waals surface area contributed by atoms with Gasteiger partial charge in [0.2, 0.25) is 5.95 Å². The zero-order valence-electron chi connectivity index (χ0n) is 9.31. The van der Waals surface area contributed by atoms with E-state index in [2.05, 4.69) is 10.3 Å². The molecule has 16 heavy (non-hydrogen) atoms. The molecule has 1 aromatic heterocycles. The van der Waals surface area contributed by atoms with Gasteiger partial charge in [0.1, 0.15) is 5.82 Å². The lowest BCUT2D eigenvalue weighted by molar-refractivity contribution is 0.604. The Hall–Kier alpha value is -1.84. The zero-order valence-corrected chi connectivity index (χ0v) is 9.31. The van der Waals surface area contributed by atoms with Gasteiger partial charge in [-0.3, -0.25) is 0 Å². The second-order valence-electron chi connectivity index (χ2n) is 3.86. The monoisotopic (exact) mass is 219 g/mol. The summed E-state index contributed by atoms with van der Waals surface area (Å²) in [5.41, 5.74) is 0.440. The summed E-state index contributed by atoms with van der Waals surface area (Å²) in [4.78, 5) is 4.16. The normalized spacial score (nSPS) is 10.8. The fourth-order valence-corrected chi connectivity index (χ4v) is 1.51. The van der Waals surface area contributed by atoms with Crippen LogP contribution in [0.15, 0.2) is 36.7 Å². The van der Waals surface area contributed by atoms with Crippen molar-refractivity contribution >= 4 is 11.6 Å². The lowest BCUT2D eigenvalue weighted by Gasteiger charge is -2.12. The van der Waals surface area contributed by atoms with Crippen LogP contribution in [0.5, 0.6) is 0 Å². The van der Waals surface area contributed by atoms with Gasteiger partial charge in [-0.15, -0.1) is 0 Å². The molecule has 1 heterocycles. The summed E-state index contributed by atoms with van der Waals surface area (Å²) in [7, 11) is 0. The third kappa shape index (κ3) is 2.05. The number of para-hydroxylation sites is 1. The molecule has 1 N–H and O–H groups in total. The molecule has 0 amide bonds. The third-order valence-corrected chi connectivity index (χ3v) is 2.35. The number of nitrogens with zero attached hydrogens (tertiary/aromatic N) is 2. The molecule has 0 atom stereocenters. The van der Waals surface area contributed by atoms with E-state index in [0.29, 0.717) is 11.6 Å². The first-order valence-corrected chi connectivity index (χ1v) is 5.23. The molecular formula is C12H14FN3. The largest absolute Gasteiger partial charge is 0.323 e. The zero-order chi connectivity index (χ0) is 11.5. The molecule has 0 unspecified atom stereocenters. The summed E-state index contributed by atoms with van der Waals surface area (Å²) in [6.07, 6.45) is 3.57. The lowest BCUT2D eigenvalue weighted by Crippen LogP contribution is -2.05. The first-order valence-electron chi connectivity index (χ1n) is 5.23. The molecular weight excluding hydrogens is 205 g/mol. The van der Waals surface area contributed by atoms with Crippen molar-refractivity contribution in [2.45, 2.75) is 19.9 Å². The van der Waals surface area contributed by atoms with Gasteiger partial charge < -0.3 is 9.88 Å². The van der Waals surface area contributed by atoms with Gasteiger partial charge in [0.15, 0.2) is 0 Å². The van der Waals surface area contributed by atoms with Crippen LogP contribution in [-0.4, -0.2) is 9.55 Å². The molecule has 0 radical (unpaired) electrons. The van der Waals surface area contributed by atoms with Crippen LogP contribution >= 0.6 is 0 Å². The predicted molar refractivity (Wildman–Crippen MR) is 62.3 cm³/mol. The van der Waals surface area contributed by atoms with Crippen molar-refractivity contribution in [2.24, 2.45) is 0 Å². The number of hydrogen-bond donors (Lipinski definition) is 1. The highest BCUT2D eigenvalue weighted by Crippen LogP contribution is 2.20. The number of benzene rings is 1. The molecule has 2 rings (SSSR count). The van der Waals surface area contributed by atoms with E-state index in [-0.39, 0.29) is 11.9 Å². The summed E-state index contributed by atoms with van der Waals surface area (Å²) in [5, 5.41) is 2.98. The van der Waals surface area contributed by atoms with Crippen molar-refractivity contribution < 1.29 is 4.39 Å². The van der Waals surface area contributed by atoms with E-state index in [1.165, 1.54) is 6.07 Å². The van der Waals surface area contributed by atoms with Gasteiger partial charge in [0.25, 0.3) is 0 Å². The van der Waals surface area contributed by atoms with Crippen molar-refractivity contribution in [3.63, 3.8) is 0 Å². The quantitative estimate of drug-likeness (QED) is 0.857. The molecule has 3 nitrogen and oxygen atoms in total. The Morgan fingerprint density at radius 3 is 2.75 bits per heavy atom. The first-order chi connectivity index (χ1) is 7.68. The van der Waals surface area contributed by atoms with Crippen LogP contribution in [0.2, 0.25) is 0 Å². The number of halogens is 1. The van der Waals surface area contributed by atoms with E-state index in [4.69, 9.17) is 0 Å². The Bertz CT molecular complexity index is 477. The second-order valence-corrected chi connectivity index (χ2v) is 3.86. The Morgan fingerprint density at radius 1 is 1.31 bits per heavy atom. The summed E-state index contributed by atoms with van der Waals surface area (Å²) in [6.45, 7) is 4.10. The van der Waals surface area contributed by atoms with E-state index < -0.39 is 0 Å². The van der Waals surface area contributed by atoms with Crippen molar-refractivity contribution in [1.29, 1.82) is 0 Å². The number of hydrogen-bond acceptors (Lipinski definition) is 2. The number of aromatic nitrogens is 2. The van der Waals surface area contributed by atoms with E-state index in [9.17, 15) is 4.39 Å². The standard InChI is InChI=1S/C12H14FN3/c1-9(2)16-8-7-14-12(16)15-11-6-4-3-5-10(11)13/h3-9H,1-2H3,(H,14,15). The van der Waals surface area contributed by atoms with Gasteiger partial charge in [-0.1, -0.05) is 12.1 Å². The van der Waals surface area contributed by atoms with E-state index >= 15 is 0 Å². The average molecular weight is 219 g/mol. The molecule has 0 spiro atoms. The summed E-state index contributed by atoms with van der Waals surface area (Å²) in [6, 6.07) is 6.85. The second kappa shape index (κ2) is 4.35. The maximum absolute atomic E-state index is 13.4. The van der Waals surface area contributed by atoms with E-state index in [0.717, 1.165) is 0 Å². The third-order valence-electron chi connectivity index (χ3n) is 2.35. The fraction of sp³-hybridized carbons (Fsp3) is 0.250. The summed E-state index contributed by atoms with van der Waals surface area (Å²) in [5.74, 6) is 0.376. The van der Waals surface area contributed by atoms with Crippen LogP contribution in [0.25, 0.3) is 0 Å². The van der Waals surface area contributed by atoms with Crippen LogP contribution in [0.4, 0.5) is 16.0 Å².